The number of ether oxygens (including phenoxy) is 2. The summed E-state index contributed by atoms with van der Waals surface area (Å²) in [4.78, 5) is 12.4. The van der Waals surface area contributed by atoms with Gasteiger partial charge in [0.1, 0.15) is 18.0 Å². The molecule has 2 saturated heterocycles. The maximum atomic E-state index is 12.4. The van der Waals surface area contributed by atoms with Crippen molar-refractivity contribution in [1.82, 2.24) is 16.0 Å². The highest BCUT2D eigenvalue weighted by molar-refractivity contribution is 5.67. The molecule has 166 valence electrons. The van der Waals surface area contributed by atoms with Crippen molar-refractivity contribution in [2.45, 2.75) is 50.1 Å². The number of carbonyl (C=O) groups is 1. The monoisotopic (exact) mass is 425 g/mol. The molecular formula is C24H31N3O4. The average molecular weight is 426 g/mol. The van der Waals surface area contributed by atoms with E-state index in [2.05, 4.69) is 28.1 Å². The first kappa shape index (κ1) is 21.6. The van der Waals surface area contributed by atoms with Crippen LogP contribution in [0, 0.1) is 0 Å². The van der Waals surface area contributed by atoms with Crippen LogP contribution in [0.25, 0.3) is 0 Å². The van der Waals surface area contributed by atoms with Crippen LogP contribution in [0.4, 0.5) is 4.79 Å². The molecule has 4 rings (SSSR count). The number of aliphatic hydroxyl groups excluding tert-OH is 1. The third kappa shape index (κ3) is 5.55. The van der Waals surface area contributed by atoms with Crippen LogP contribution in [-0.2, 0) is 17.7 Å². The van der Waals surface area contributed by atoms with E-state index in [9.17, 15) is 9.90 Å². The minimum Gasteiger partial charge on any atom is -0.497 e. The fraction of sp³-hybridized carbons (Fsp3) is 0.458. The zero-order valence-electron chi connectivity index (χ0n) is 17.8. The van der Waals surface area contributed by atoms with Crippen molar-refractivity contribution < 1.29 is 19.4 Å². The summed E-state index contributed by atoms with van der Waals surface area (Å²) in [5, 5.41) is 19.8. The van der Waals surface area contributed by atoms with Crippen LogP contribution in [0.15, 0.2) is 48.5 Å². The highest BCUT2D eigenvalue weighted by Crippen LogP contribution is 2.23. The number of nitrogens with one attached hydrogen (secondary N) is 3. The summed E-state index contributed by atoms with van der Waals surface area (Å²) in [7, 11) is 1.63. The molecule has 4 N–H and O–H groups in total. The van der Waals surface area contributed by atoms with Gasteiger partial charge in [0.05, 0.1) is 13.2 Å². The van der Waals surface area contributed by atoms with Gasteiger partial charge in [0.25, 0.3) is 0 Å². The minimum atomic E-state index is -0.729. The second kappa shape index (κ2) is 10.1. The highest BCUT2D eigenvalue weighted by atomic mass is 16.6. The zero-order valence-corrected chi connectivity index (χ0v) is 17.8. The summed E-state index contributed by atoms with van der Waals surface area (Å²) >= 11 is 0. The Labute approximate surface area is 183 Å². The number of benzene rings is 2. The van der Waals surface area contributed by atoms with Gasteiger partial charge >= 0.3 is 6.09 Å². The third-order valence-electron chi connectivity index (χ3n) is 6.10. The van der Waals surface area contributed by atoms with Gasteiger partial charge in [-0.25, -0.2) is 4.79 Å². The quantitative estimate of drug-likeness (QED) is 0.544. The van der Waals surface area contributed by atoms with E-state index in [1.807, 2.05) is 36.4 Å². The minimum absolute atomic E-state index is 0.146. The molecule has 0 bridgehead atoms. The summed E-state index contributed by atoms with van der Waals surface area (Å²) in [6.45, 7) is 1.85. The Morgan fingerprint density at radius 1 is 1.10 bits per heavy atom. The predicted octanol–water partition coefficient (Wildman–Crippen LogP) is 2.29. The molecule has 4 atom stereocenters. The number of hydrogen-bond donors (Lipinski definition) is 4. The van der Waals surface area contributed by atoms with E-state index in [0.29, 0.717) is 25.6 Å². The van der Waals surface area contributed by atoms with Crippen molar-refractivity contribution in [2.24, 2.45) is 0 Å². The predicted molar refractivity (Wildman–Crippen MR) is 118 cm³/mol. The second-order valence-electron chi connectivity index (χ2n) is 8.25. The summed E-state index contributed by atoms with van der Waals surface area (Å²) < 4.78 is 10.8. The first-order valence-corrected chi connectivity index (χ1v) is 10.9. The standard InChI is InChI=1S/C24H31N3O4/c1-30-19-10-6-16(7-11-19)13-21-23(22(28)15-26-21)31-24(29)27-14-17-4-8-18(9-5-17)20-3-2-12-25-20/h4-11,20-23,25-26,28H,2-3,12-15H2,1H3,(H,27,29)/t20?,21-,22+,23+/m1/s1. The number of amides is 1. The molecular weight excluding hydrogens is 394 g/mol. The fourth-order valence-corrected chi connectivity index (χ4v) is 4.31. The van der Waals surface area contributed by atoms with Gasteiger partial charge < -0.3 is 30.5 Å². The SMILES string of the molecule is COc1ccc(C[C@H]2NC[C@H](O)[C@H]2OC(=O)NCc2ccc(C3CCCN3)cc2)cc1. The molecule has 1 unspecified atom stereocenters. The molecule has 0 aromatic heterocycles. The molecule has 2 aromatic carbocycles. The van der Waals surface area contributed by atoms with Crippen molar-refractivity contribution >= 4 is 6.09 Å². The molecule has 7 heteroatoms. The van der Waals surface area contributed by atoms with Crippen molar-refractivity contribution in [3.63, 3.8) is 0 Å². The Bertz CT molecular complexity index is 850. The molecule has 2 heterocycles. The summed E-state index contributed by atoms with van der Waals surface area (Å²) in [6.07, 6.45) is 1.18. The number of alkyl carbamates (subject to hydrolysis) is 1. The van der Waals surface area contributed by atoms with Gasteiger partial charge in [0.15, 0.2) is 0 Å². The number of methoxy groups -OCH3 is 1. The normalized spacial score (nSPS) is 25.4. The molecule has 0 radical (unpaired) electrons. The molecule has 7 nitrogen and oxygen atoms in total. The topological polar surface area (TPSA) is 91.8 Å². The Kier molecular flexibility index (Phi) is 7.06. The van der Waals surface area contributed by atoms with E-state index < -0.39 is 18.3 Å². The maximum absolute atomic E-state index is 12.4. The van der Waals surface area contributed by atoms with Crippen molar-refractivity contribution in [3.05, 3.63) is 65.2 Å². The third-order valence-corrected chi connectivity index (χ3v) is 6.10. The van der Waals surface area contributed by atoms with Crippen LogP contribution in [0.2, 0.25) is 0 Å². The highest BCUT2D eigenvalue weighted by Gasteiger charge is 2.37. The first-order valence-electron chi connectivity index (χ1n) is 10.9. The molecule has 31 heavy (non-hydrogen) atoms. The smallest absolute Gasteiger partial charge is 0.407 e. The largest absolute Gasteiger partial charge is 0.497 e. The Balaban J connectivity index is 1.28. The van der Waals surface area contributed by atoms with Crippen LogP contribution >= 0.6 is 0 Å². The van der Waals surface area contributed by atoms with Crippen LogP contribution < -0.4 is 20.7 Å². The van der Waals surface area contributed by atoms with Crippen LogP contribution in [0.3, 0.4) is 0 Å². The molecule has 2 aliphatic heterocycles. The van der Waals surface area contributed by atoms with E-state index >= 15 is 0 Å². The van der Waals surface area contributed by atoms with E-state index in [1.165, 1.54) is 18.4 Å². The Hall–Kier alpha value is -2.61. The summed E-state index contributed by atoms with van der Waals surface area (Å²) in [6, 6.07) is 16.3. The molecule has 2 aliphatic rings. The van der Waals surface area contributed by atoms with Crippen molar-refractivity contribution in [2.75, 3.05) is 20.2 Å². The molecule has 1 amide bonds. The number of hydrogen-bond acceptors (Lipinski definition) is 6. The van der Waals surface area contributed by atoms with Crippen LogP contribution in [0.1, 0.15) is 35.6 Å². The number of aliphatic hydroxyl groups is 1. The van der Waals surface area contributed by atoms with Gasteiger partial charge in [0.2, 0.25) is 0 Å². The van der Waals surface area contributed by atoms with E-state index in [0.717, 1.165) is 23.4 Å². The van der Waals surface area contributed by atoms with E-state index in [4.69, 9.17) is 9.47 Å². The fourth-order valence-electron chi connectivity index (χ4n) is 4.31. The van der Waals surface area contributed by atoms with Crippen molar-refractivity contribution in [1.29, 1.82) is 0 Å². The van der Waals surface area contributed by atoms with Gasteiger partial charge in [-0.15, -0.1) is 0 Å². The lowest BCUT2D eigenvalue weighted by molar-refractivity contribution is 0.0188. The van der Waals surface area contributed by atoms with Gasteiger partial charge in [-0.3, -0.25) is 0 Å². The number of β-amino-alcohol motifs (C(OH)–C–C–N with tert-alkyl or cyclic N) is 1. The molecule has 2 aromatic rings. The maximum Gasteiger partial charge on any atom is 0.407 e. The lowest BCUT2D eigenvalue weighted by Crippen LogP contribution is -2.41. The first-order chi connectivity index (χ1) is 15.1. The Morgan fingerprint density at radius 3 is 2.52 bits per heavy atom. The lowest BCUT2D eigenvalue weighted by atomic mass is 10.0. The van der Waals surface area contributed by atoms with Crippen LogP contribution in [0.5, 0.6) is 5.75 Å². The summed E-state index contributed by atoms with van der Waals surface area (Å²) in [5.41, 5.74) is 3.38. The van der Waals surface area contributed by atoms with Gasteiger partial charge in [0, 0.05) is 19.1 Å². The van der Waals surface area contributed by atoms with Crippen LogP contribution in [-0.4, -0.2) is 49.6 Å². The Morgan fingerprint density at radius 2 is 1.84 bits per heavy atom. The van der Waals surface area contributed by atoms with Gasteiger partial charge in [-0.05, 0) is 54.6 Å². The van der Waals surface area contributed by atoms with Gasteiger partial charge in [-0.1, -0.05) is 36.4 Å². The molecule has 2 fully saturated rings. The molecule has 0 saturated carbocycles. The van der Waals surface area contributed by atoms with E-state index in [-0.39, 0.29) is 6.04 Å². The second-order valence-corrected chi connectivity index (χ2v) is 8.25. The number of carbonyl (C=O) groups excluding carboxylic acids is 1. The zero-order chi connectivity index (χ0) is 21.6. The number of rotatable bonds is 7. The van der Waals surface area contributed by atoms with Crippen molar-refractivity contribution in [3.8, 4) is 5.75 Å². The van der Waals surface area contributed by atoms with E-state index in [1.54, 1.807) is 7.11 Å². The molecule has 0 spiro atoms. The lowest BCUT2D eigenvalue weighted by Gasteiger charge is -2.22. The molecule has 0 aliphatic carbocycles. The summed E-state index contributed by atoms with van der Waals surface area (Å²) in [5.74, 6) is 0.794. The van der Waals surface area contributed by atoms with Gasteiger partial charge in [-0.2, -0.15) is 0 Å². The average Bonchev–Trinajstić information content (AvgIpc) is 3.45.